The van der Waals surface area contributed by atoms with Crippen molar-refractivity contribution in [2.75, 3.05) is 32.7 Å². The van der Waals surface area contributed by atoms with Crippen LogP contribution in [0.4, 0.5) is 0 Å². The molecule has 0 aromatic carbocycles. The largest absolute Gasteiger partial charge is 0.357 e. The first-order valence-electron chi connectivity index (χ1n) is 9.45. The number of aliphatic imine (C=N–C) groups is 1. The zero-order chi connectivity index (χ0) is 17.0. The van der Waals surface area contributed by atoms with Crippen molar-refractivity contribution in [3.63, 3.8) is 0 Å². The minimum absolute atomic E-state index is 0. The molecule has 0 atom stereocenters. The van der Waals surface area contributed by atoms with Crippen molar-refractivity contribution >= 4 is 29.9 Å². The molecule has 0 saturated carbocycles. The topological polar surface area (TPSA) is 52.6 Å². The molecule has 142 valence electrons. The van der Waals surface area contributed by atoms with Gasteiger partial charge in [-0.15, -0.1) is 24.0 Å². The highest BCUT2D eigenvalue weighted by molar-refractivity contribution is 14.0. The maximum Gasteiger partial charge on any atom is 0.191 e. The molecule has 1 fully saturated rings. The van der Waals surface area contributed by atoms with Crippen LogP contribution in [0.25, 0.3) is 0 Å². The Balaban J connectivity index is 0.00000312. The lowest BCUT2D eigenvalue weighted by Gasteiger charge is -2.20. The summed E-state index contributed by atoms with van der Waals surface area (Å²) < 4.78 is 0. The lowest BCUT2D eigenvalue weighted by Crippen LogP contribution is -2.39. The highest BCUT2D eigenvalue weighted by Gasteiger charge is 2.08. The highest BCUT2D eigenvalue weighted by Crippen LogP contribution is 2.09. The molecule has 2 rings (SSSR count). The van der Waals surface area contributed by atoms with Gasteiger partial charge in [0.15, 0.2) is 5.96 Å². The minimum Gasteiger partial charge on any atom is -0.357 e. The molecule has 0 unspecified atom stereocenters. The summed E-state index contributed by atoms with van der Waals surface area (Å²) in [6, 6.07) is 6.08. The van der Waals surface area contributed by atoms with E-state index in [0.29, 0.717) is 6.54 Å². The van der Waals surface area contributed by atoms with Crippen molar-refractivity contribution in [2.24, 2.45) is 4.99 Å². The van der Waals surface area contributed by atoms with Crippen molar-refractivity contribution in [1.82, 2.24) is 20.5 Å². The molecule has 6 heteroatoms. The summed E-state index contributed by atoms with van der Waals surface area (Å²) in [5.41, 5.74) is 2.05. The predicted molar refractivity (Wildman–Crippen MR) is 117 cm³/mol. The number of hydrogen-bond donors (Lipinski definition) is 2. The van der Waals surface area contributed by atoms with E-state index in [0.717, 1.165) is 36.9 Å². The molecule has 1 aromatic heterocycles. The monoisotopic (exact) mass is 459 g/mol. The molecular weight excluding hydrogens is 425 g/mol. The maximum atomic E-state index is 4.64. The molecule has 0 radical (unpaired) electrons. The third-order valence-electron chi connectivity index (χ3n) is 4.33. The van der Waals surface area contributed by atoms with Crippen molar-refractivity contribution in [1.29, 1.82) is 0 Å². The van der Waals surface area contributed by atoms with E-state index in [1.807, 2.05) is 25.1 Å². The number of aromatic nitrogens is 1. The zero-order valence-corrected chi connectivity index (χ0v) is 18.1. The smallest absolute Gasteiger partial charge is 0.191 e. The molecule has 0 bridgehead atoms. The minimum atomic E-state index is 0. The number of likely N-dealkylation sites (tertiary alicyclic amines) is 1. The van der Waals surface area contributed by atoms with E-state index < -0.39 is 0 Å². The Morgan fingerprint density at radius 1 is 1.16 bits per heavy atom. The van der Waals surface area contributed by atoms with Crippen LogP contribution < -0.4 is 10.6 Å². The van der Waals surface area contributed by atoms with Crippen LogP contribution in [0.3, 0.4) is 0 Å². The average molecular weight is 459 g/mol. The summed E-state index contributed by atoms with van der Waals surface area (Å²) in [6.07, 6.45) is 6.69. The molecule has 2 heterocycles. The van der Waals surface area contributed by atoms with Crippen LogP contribution in [0.1, 0.15) is 50.4 Å². The molecule has 1 aliphatic heterocycles. The summed E-state index contributed by atoms with van der Waals surface area (Å²) in [5.74, 6) is 0.886. The zero-order valence-electron chi connectivity index (χ0n) is 15.8. The van der Waals surface area contributed by atoms with Crippen LogP contribution in [-0.4, -0.2) is 48.6 Å². The first kappa shape index (κ1) is 22.2. The lowest BCUT2D eigenvalue weighted by atomic mass is 10.2. The molecule has 5 nitrogen and oxygen atoms in total. The summed E-state index contributed by atoms with van der Waals surface area (Å²) in [4.78, 5) is 11.8. The second-order valence-corrected chi connectivity index (χ2v) is 6.50. The Morgan fingerprint density at radius 3 is 2.60 bits per heavy atom. The third kappa shape index (κ3) is 9.39. The van der Waals surface area contributed by atoms with Gasteiger partial charge in [-0.05, 0) is 64.9 Å². The Kier molecular flexibility index (Phi) is 11.8. The second-order valence-electron chi connectivity index (χ2n) is 6.50. The maximum absolute atomic E-state index is 4.64. The molecule has 0 spiro atoms. The third-order valence-corrected chi connectivity index (χ3v) is 4.33. The Labute approximate surface area is 170 Å². The fourth-order valence-corrected chi connectivity index (χ4v) is 3.06. The number of nitrogens with one attached hydrogen (secondary N) is 2. The van der Waals surface area contributed by atoms with Gasteiger partial charge in [0, 0.05) is 18.8 Å². The first-order chi connectivity index (χ1) is 11.8. The van der Waals surface area contributed by atoms with E-state index in [9.17, 15) is 0 Å². The van der Waals surface area contributed by atoms with E-state index in [-0.39, 0.29) is 24.0 Å². The number of nitrogens with zero attached hydrogens (tertiary/aromatic N) is 3. The Morgan fingerprint density at radius 2 is 1.92 bits per heavy atom. The van der Waals surface area contributed by atoms with Crippen molar-refractivity contribution in [2.45, 2.75) is 52.5 Å². The van der Waals surface area contributed by atoms with Crippen molar-refractivity contribution in [3.8, 4) is 0 Å². The van der Waals surface area contributed by atoms with E-state index in [1.165, 1.54) is 45.3 Å². The first-order valence-corrected chi connectivity index (χ1v) is 9.45. The van der Waals surface area contributed by atoms with Gasteiger partial charge in [-0.3, -0.25) is 4.98 Å². The predicted octanol–water partition coefficient (Wildman–Crippen LogP) is 3.33. The van der Waals surface area contributed by atoms with Crippen molar-refractivity contribution < 1.29 is 0 Å². The van der Waals surface area contributed by atoms with Gasteiger partial charge in [0.05, 0.1) is 12.2 Å². The van der Waals surface area contributed by atoms with Crippen LogP contribution in [0, 0.1) is 6.92 Å². The van der Waals surface area contributed by atoms with Gasteiger partial charge < -0.3 is 15.5 Å². The molecule has 0 amide bonds. The van der Waals surface area contributed by atoms with E-state index in [4.69, 9.17) is 0 Å². The molecule has 2 N–H and O–H groups in total. The summed E-state index contributed by atoms with van der Waals surface area (Å²) in [7, 11) is 0. The molecular formula is C19H34IN5. The van der Waals surface area contributed by atoms with Gasteiger partial charge in [0.1, 0.15) is 0 Å². The number of aryl methyl sites for hydroxylation is 1. The number of pyridine rings is 1. The number of halogens is 1. The van der Waals surface area contributed by atoms with E-state index in [2.05, 4.69) is 32.4 Å². The summed E-state index contributed by atoms with van der Waals surface area (Å²) in [5, 5.41) is 6.76. The fourth-order valence-electron chi connectivity index (χ4n) is 3.06. The van der Waals surface area contributed by atoms with E-state index in [1.54, 1.807) is 0 Å². The summed E-state index contributed by atoms with van der Waals surface area (Å²) >= 11 is 0. The van der Waals surface area contributed by atoms with Crippen LogP contribution in [0.15, 0.2) is 23.2 Å². The lowest BCUT2D eigenvalue weighted by molar-refractivity contribution is 0.282. The quantitative estimate of drug-likeness (QED) is 0.284. The highest BCUT2D eigenvalue weighted by atomic mass is 127. The van der Waals surface area contributed by atoms with E-state index >= 15 is 0 Å². The van der Waals surface area contributed by atoms with Gasteiger partial charge in [-0.2, -0.15) is 0 Å². The van der Waals surface area contributed by atoms with Gasteiger partial charge in [-0.1, -0.05) is 18.9 Å². The average Bonchev–Trinajstić information content (AvgIpc) is 2.85. The number of guanidine groups is 1. The van der Waals surface area contributed by atoms with Crippen LogP contribution in [-0.2, 0) is 6.54 Å². The number of hydrogen-bond acceptors (Lipinski definition) is 3. The SMILES string of the molecule is CCNC(=NCc1cccc(C)n1)NCCCN1CCCCCC1.I. The molecule has 25 heavy (non-hydrogen) atoms. The van der Waals surface area contributed by atoms with Crippen LogP contribution in [0.5, 0.6) is 0 Å². The van der Waals surface area contributed by atoms with Crippen LogP contribution >= 0.6 is 24.0 Å². The van der Waals surface area contributed by atoms with Crippen molar-refractivity contribution in [3.05, 3.63) is 29.6 Å². The molecule has 1 aliphatic rings. The molecule has 0 aliphatic carbocycles. The molecule has 1 saturated heterocycles. The van der Waals surface area contributed by atoms with Gasteiger partial charge in [0.25, 0.3) is 0 Å². The van der Waals surface area contributed by atoms with Gasteiger partial charge in [-0.25, -0.2) is 4.99 Å². The standard InChI is InChI=1S/C19H33N5.HI/c1-3-20-19(22-16-18-11-8-10-17(2)23-18)21-12-9-15-24-13-6-4-5-7-14-24;/h8,10-11H,3-7,9,12-16H2,1-2H3,(H2,20,21,22);1H. The fraction of sp³-hybridized carbons (Fsp3) is 0.684. The second kappa shape index (κ2) is 13.3. The Bertz CT molecular complexity index is 498. The summed E-state index contributed by atoms with van der Waals surface area (Å²) in [6.45, 7) is 10.3. The number of rotatable bonds is 7. The van der Waals surface area contributed by atoms with Gasteiger partial charge >= 0.3 is 0 Å². The molecule has 1 aromatic rings. The normalized spacial score (nSPS) is 16.0. The van der Waals surface area contributed by atoms with Gasteiger partial charge in [0.2, 0.25) is 0 Å². The Hall–Kier alpha value is -0.890. The van der Waals surface area contributed by atoms with Crippen LogP contribution in [0.2, 0.25) is 0 Å².